The average molecular weight is 432 g/mol. The van der Waals surface area contributed by atoms with Gasteiger partial charge in [-0.2, -0.15) is 0 Å². The summed E-state index contributed by atoms with van der Waals surface area (Å²) in [4.78, 5) is 14.6. The Labute approximate surface area is 195 Å². The Hall–Kier alpha value is -1.44. The highest BCUT2D eigenvalue weighted by atomic mass is 16.1. The molecule has 2 saturated carbocycles. The van der Waals surface area contributed by atoms with Gasteiger partial charge in [-0.15, -0.1) is 0 Å². The molecule has 31 heavy (non-hydrogen) atoms. The number of carbonyl (C=O) groups is 1. The van der Waals surface area contributed by atoms with Crippen LogP contribution in [0, 0.1) is 30.6 Å². The number of benzene rings is 1. The molecular formula is C29H53NO. The van der Waals surface area contributed by atoms with Crippen molar-refractivity contribution in [2.75, 3.05) is 0 Å². The van der Waals surface area contributed by atoms with Crippen LogP contribution in [0.1, 0.15) is 119 Å². The molecule has 0 bridgehead atoms. The molecule has 1 aromatic carbocycles. The standard InChI is InChI=1S/C11H15N.C8H14O.C6H12.2C2H6/c1-8(2)12-11-7-5-6-9(3)10(11)4;1-8(2,5-6-9)7-3-4-7;1-6(2)4-3-5-6;2*1-2/h5-7H,1-4H3;6-7H,3-5H2,1-2H3;3-5H2,1-2H3;2*1-2H3. The summed E-state index contributed by atoms with van der Waals surface area (Å²) in [5.41, 5.74) is 5.79. The van der Waals surface area contributed by atoms with Gasteiger partial charge in [0.05, 0.1) is 5.69 Å². The van der Waals surface area contributed by atoms with E-state index in [-0.39, 0.29) is 0 Å². The quantitative estimate of drug-likeness (QED) is 0.344. The molecule has 0 radical (unpaired) electrons. The number of aldehydes is 1. The first-order chi connectivity index (χ1) is 14.5. The average Bonchev–Trinajstić information content (AvgIpc) is 3.54. The van der Waals surface area contributed by atoms with Crippen LogP contribution in [-0.2, 0) is 4.79 Å². The first kappa shape index (κ1) is 31.7. The first-order valence-corrected chi connectivity index (χ1v) is 12.5. The zero-order chi connectivity index (χ0) is 24.7. The lowest BCUT2D eigenvalue weighted by molar-refractivity contribution is -0.109. The van der Waals surface area contributed by atoms with Crippen LogP contribution in [0.5, 0.6) is 0 Å². The Kier molecular flexibility index (Phi) is 16.6. The highest BCUT2D eigenvalue weighted by Gasteiger charge is 2.36. The lowest BCUT2D eigenvalue weighted by atomic mass is 9.72. The fourth-order valence-corrected chi connectivity index (χ4v) is 3.23. The summed E-state index contributed by atoms with van der Waals surface area (Å²) >= 11 is 0. The molecule has 0 saturated heterocycles. The van der Waals surface area contributed by atoms with Crippen molar-refractivity contribution in [2.24, 2.45) is 21.7 Å². The number of nitrogens with zero attached hydrogens (tertiary/aromatic N) is 1. The van der Waals surface area contributed by atoms with Crippen molar-refractivity contribution in [3.63, 3.8) is 0 Å². The lowest BCUT2D eigenvalue weighted by Crippen LogP contribution is -2.20. The molecule has 0 amide bonds. The molecule has 2 aliphatic rings. The second-order valence-electron chi connectivity index (χ2n) is 9.93. The molecule has 0 N–H and O–H groups in total. The van der Waals surface area contributed by atoms with Crippen LogP contribution in [0.2, 0.25) is 0 Å². The number of carbonyl (C=O) groups excluding carboxylic acids is 1. The van der Waals surface area contributed by atoms with Gasteiger partial charge in [0.15, 0.2) is 0 Å². The van der Waals surface area contributed by atoms with Gasteiger partial charge in [-0.1, -0.05) is 73.9 Å². The van der Waals surface area contributed by atoms with Gasteiger partial charge in [-0.25, -0.2) is 0 Å². The third-order valence-electron chi connectivity index (χ3n) is 5.92. The molecule has 2 heteroatoms. The van der Waals surface area contributed by atoms with E-state index in [1.165, 1.54) is 43.2 Å². The van der Waals surface area contributed by atoms with E-state index < -0.39 is 0 Å². The van der Waals surface area contributed by atoms with Crippen molar-refractivity contribution in [3.05, 3.63) is 29.3 Å². The maximum Gasteiger partial charge on any atom is 0.120 e. The van der Waals surface area contributed by atoms with Crippen molar-refractivity contribution >= 4 is 17.7 Å². The number of hydrogen-bond donors (Lipinski definition) is 0. The molecule has 0 aliphatic heterocycles. The summed E-state index contributed by atoms with van der Waals surface area (Å²) in [6.07, 6.45) is 8.81. The largest absolute Gasteiger partial charge is 0.303 e. The minimum absolute atomic E-state index is 0.293. The van der Waals surface area contributed by atoms with Gasteiger partial charge >= 0.3 is 0 Å². The summed E-state index contributed by atoms with van der Waals surface area (Å²) in [6.45, 7) is 25.3. The smallest absolute Gasteiger partial charge is 0.120 e. The molecule has 0 heterocycles. The summed E-state index contributed by atoms with van der Waals surface area (Å²) in [5.74, 6) is 0.836. The van der Waals surface area contributed by atoms with Crippen molar-refractivity contribution in [1.29, 1.82) is 0 Å². The van der Waals surface area contributed by atoms with Crippen LogP contribution in [0.25, 0.3) is 0 Å². The predicted molar refractivity (Wildman–Crippen MR) is 142 cm³/mol. The summed E-state index contributed by atoms with van der Waals surface area (Å²) in [5, 5.41) is 0. The molecule has 1 aromatic rings. The van der Waals surface area contributed by atoms with Gasteiger partial charge in [-0.05, 0) is 87.3 Å². The molecule has 3 rings (SSSR count). The summed E-state index contributed by atoms with van der Waals surface area (Å²) in [7, 11) is 0. The third kappa shape index (κ3) is 14.3. The number of rotatable bonds is 4. The van der Waals surface area contributed by atoms with Gasteiger partial charge in [0.2, 0.25) is 0 Å². The maximum atomic E-state index is 10.2. The van der Waals surface area contributed by atoms with Crippen molar-refractivity contribution in [3.8, 4) is 0 Å². The molecule has 180 valence electrons. The summed E-state index contributed by atoms with van der Waals surface area (Å²) < 4.78 is 0. The fraction of sp³-hybridized carbons (Fsp3) is 0.724. The van der Waals surface area contributed by atoms with Crippen molar-refractivity contribution in [2.45, 2.75) is 122 Å². The molecule has 2 nitrogen and oxygen atoms in total. The van der Waals surface area contributed by atoms with E-state index in [1.54, 1.807) is 0 Å². The second kappa shape index (κ2) is 16.2. The van der Waals surface area contributed by atoms with Crippen molar-refractivity contribution in [1.82, 2.24) is 0 Å². The Bertz CT molecular complexity index is 626. The van der Waals surface area contributed by atoms with E-state index in [0.29, 0.717) is 5.41 Å². The van der Waals surface area contributed by atoms with E-state index in [2.05, 4.69) is 58.7 Å². The van der Waals surface area contributed by atoms with Gasteiger partial charge in [0, 0.05) is 12.1 Å². The van der Waals surface area contributed by atoms with Gasteiger partial charge in [0.25, 0.3) is 0 Å². The monoisotopic (exact) mass is 431 g/mol. The lowest BCUT2D eigenvalue weighted by Gasteiger charge is -2.33. The SMILES string of the molecule is CC.CC.CC(C)(CC=O)C1CC1.CC(C)=Nc1cccc(C)c1C.CC1(C)CCC1. The van der Waals surface area contributed by atoms with Gasteiger partial charge < -0.3 is 4.79 Å². The van der Waals surface area contributed by atoms with E-state index in [9.17, 15) is 4.79 Å². The van der Waals surface area contributed by atoms with Crippen LogP contribution >= 0.6 is 0 Å². The minimum atomic E-state index is 0.293. The number of hydrogen-bond acceptors (Lipinski definition) is 2. The van der Waals surface area contributed by atoms with E-state index >= 15 is 0 Å². The maximum absolute atomic E-state index is 10.2. The Morgan fingerprint density at radius 2 is 1.55 bits per heavy atom. The number of aryl methyl sites for hydroxylation is 1. The highest BCUT2D eigenvalue weighted by Crippen LogP contribution is 2.46. The topological polar surface area (TPSA) is 29.4 Å². The fourth-order valence-electron chi connectivity index (χ4n) is 3.23. The van der Waals surface area contributed by atoms with E-state index in [1.807, 2.05) is 47.6 Å². The van der Waals surface area contributed by atoms with Crippen LogP contribution in [-0.4, -0.2) is 12.0 Å². The molecule has 2 aliphatic carbocycles. The van der Waals surface area contributed by atoms with Gasteiger partial charge in [-0.3, -0.25) is 4.99 Å². The zero-order valence-electron chi connectivity index (χ0n) is 23.0. The molecular weight excluding hydrogens is 378 g/mol. The zero-order valence-corrected chi connectivity index (χ0v) is 23.0. The molecule has 0 aromatic heterocycles. The van der Waals surface area contributed by atoms with Crippen LogP contribution < -0.4 is 0 Å². The first-order valence-electron chi connectivity index (χ1n) is 12.5. The highest BCUT2D eigenvalue weighted by molar-refractivity contribution is 5.82. The van der Waals surface area contributed by atoms with E-state index in [0.717, 1.165) is 35.4 Å². The Morgan fingerprint density at radius 1 is 1.06 bits per heavy atom. The minimum Gasteiger partial charge on any atom is -0.303 e. The van der Waals surface area contributed by atoms with Crippen LogP contribution in [0.15, 0.2) is 23.2 Å². The normalized spacial score (nSPS) is 15.5. The van der Waals surface area contributed by atoms with Crippen LogP contribution in [0.4, 0.5) is 5.69 Å². The second-order valence-corrected chi connectivity index (χ2v) is 9.93. The number of aliphatic imine (C=N–C) groups is 1. The molecule has 0 unspecified atom stereocenters. The molecule has 2 fully saturated rings. The molecule has 0 atom stereocenters. The van der Waals surface area contributed by atoms with E-state index in [4.69, 9.17) is 0 Å². The third-order valence-corrected chi connectivity index (χ3v) is 5.92. The molecule has 0 spiro atoms. The van der Waals surface area contributed by atoms with Crippen molar-refractivity contribution < 1.29 is 4.79 Å². The Balaban J connectivity index is 0. The van der Waals surface area contributed by atoms with Crippen LogP contribution in [0.3, 0.4) is 0 Å². The summed E-state index contributed by atoms with van der Waals surface area (Å²) in [6, 6.07) is 6.21. The predicted octanol–water partition coefficient (Wildman–Crippen LogP) is 9.68. The Morgan fingerprint density at radius 3 is 1.87 bits per heavy atom. The van der Waals surface area contributed by atoms with Gasteiger partial charge in [0.1, 0.15) is 6.29 Å².